The Morgan fingerprint density at radius 2 is 1.81 bits per heavy atom. The number of rotatable bonds is 8. The molecule has 5 atom stereocenters. The van der Waals surface area contributed by atoms with Gasteiger partial charge >= 0.3 is 0 Å². The van der Waals surface area contributed by atoms with Crippen molar-refractivity contribution in [3.63, 3.8) is 0 Å². The van der Waals surface area contributed by atoms with Crippen LogP contribution in [0.5, 0.6) is 0 Å². The van der Waals surface area contributed by atoms with Crippen molar-refractivity contribution in [1.82, 2.24) is 4.90 Å². The average molecular weight is 595 g/mol. The lowest BCUT2D eigenvalue weighted by Crippen LogP contribution is -2.48. The maximum atomic E-state index is 15.8. The molecule has 5 rings (SSSR count). The highest BCUT2D eigenvalue weighted by Gasteiger charge is 2.52. The highest BCUT2D eigenvalue weighted by Crippen LogP contribution is 2.47. The summed E-state index contributed by atoms with van der Waals surface area (Å²) in [6.45, 7) is 6.67. The second-order valence-electron chi connectivity index (χ2n) is 13.1. The third-order valence-corrected chi connectivity index (χ3v) is 12.2. The van der Waals surface area contributed by atoms with Crippen molar-refractivity contribution in [2.75, 3.05) is 18.1 Å². The van der Waals surface area contributed by atoms with Crippen LogP contribution in [0.4, 0.5) is 9.80 Å². The molecule has 0 unspecified atom stereocenters. The number of amides is 2. The van der Waals surface area contributed by atoms with E-state index in [1.807, 2.05) is 35.2 Å². The van der Waals surface area contributed by atoms with Gasteiger partial charge in [-0.25, -0.2) is 0 Å². The monoisotopic (exact) mass is 594 g/mol. The number of aliphatic hydroxyl groups is 1. The molecule has 2 aromatic rings. The standard InChI is InChI=1S/C34H47FN2O4Si/c1-24-30(17-16-25-11-10-14-28(19-25)36-18-9-5-4-6-15-32(36)39)41-31(34(24)42(2,3)35)21-33(40)37-22-27-13-8-7-12-26(27)20-29(37)23-38/h7-8,10-14,19,24,29-31,34,38H,4-6,9,15-18,20-23H2,1-3H3/t24-,29-,30+,31-,34+/m0/s1. The van der Waals surface area contributed by atoms with Crippen LogP contribution in [0.3, 0.4) is 0 Å². The molecule has 0 saturated carbocycles. The maximum absolute atomic E-state index is 15.8. The largest absolute Gasteiger partial charge is 0.394 e. The van der Waals surface area contributed by atoms with E-state index in [-0.39, 0.29) is 48.4 Å². The Morgan fingerprint density at radius 3 is 2.57 bits per heavy atom. The number of carbonyl (C=O) groups is 2. The molecule has 42 heavy (non-hydrogen) atoms. The predicted octanol–water partition coefficient (Wildman–Crippen LogP) is 6.20. The molecule has 6 nitrogen and oxygen atoms in total. The summed E-state index contributed by atoms with van der Waals surface area (Å²) in [5, 5.41) is 10.1. The van der Waals surface area contributed by atoms with Gasteiger partial charge in [0.15, 0.2) is 0 Å². The zero-order valence-electron chi connectivity index (χ0n) is 25.4. The van der Waals surface area contributed by atoms with Crippen LogP contribution in [-0.2, 0) is 33.7 Å². The molecule has 3 heterocycles. The van der Waals surface area contributed by atoms with Crippen LogP contribution in [0.1, 0.15) is 68.6 Å². The molecule has 3 aliphatic heterocycles. The molecule has 1 N–H and O–H groups in total. The Hall–Kier alpha value is -2.55. The zero-order chi connectivity index (χ0) is 29.9. The van der Waals surface area contributed by atoms with Crippen molar-refractivity contribution < 1.29 is 23.5 Å². The molecule has 0 aliphatic carbocycles. The molecule has 0 aromatic heterocycles. The van der Waals surface area contributed by atoms with Crippen LogP contribution in [0.2, 0.25) is 18.6 Å². The van der Waals surface area contributed by atoms with Gasteiger partial charge in [0, 0.05) is 30.7 Å². The van der Waals surface area contributed by atoms with Gasteiger partial charge in [0.1, 0.15) is 0 Å². The Kier molecular flexibility index (Phi) is 9.85. The van der Waals surface area contributed by atoms with E-state index in [2.05, 4.69) is 25.1 Å². The SMILES string of the molecule is C[C@@H]1[C@@H]([Si](C)(C)F)[C@H](CC(=O)N2Cc3ccccc3C[C@H]2CO)O[C@@H]1CCc1cccc(N2CCCCCCC2=O)c1. The van der Waals surface area contributed by atoms with Gasteiger partial charge in [-0.3, -0.25) is 9.59 Å². The van der Waals surface area contributed by atoms with E-state index in [4.69, 9.17) is 4.74 Å². The minimum atomic E-state index is -3.14. The minimum absolute atomic E-state index is 0.00399. The van der Waals surface area contributed by atoms with Crippen molar-refractivity contribution in [2.45, 2.75) is 108 Å². The first-order chi connectivity index (χ1) is 20.2. The van der Waals surface area contributed by atoms with Crippen LogP contribution < -0.4 is 4.90 Å². The molecule has 3 aliphatic rings. The number of hydrogen-bond acceptors (Lipinski definition) is 4. The molecule has 0 spiro atoms. The van der Waals surface area contributed by atoms with Crippen molar-refractivity contribution in [2.24, 2.45) is 5.92 Å². The Labute approximate surface area is 251 Å². The quantitative estimate of drug-likeness (QED) is 0.292. The summed E-state index contributed by atoms with van der Waals surface area (Å²) in [6.07, 6.45) is 6.52. The van der Waals surface area contributed by atoms with Crippen molar-refractivity contribution >= 4 is 25.9 Å². The van der Waals surface area contributed by atoms with Crippen molar-refractivity contribution in [3.05, 3.63) is 65.2 Å². The molecule has 2 amide bonds. The number of hydrogen-bond donors (Lipinski definition) is 1. The number of aryl methyl sites for hydroxylation is 1. The van der Waals surface area contributed by atoms with Gasteiger partial charge in [-0.1, -0.05) is 56.2 Å². The van der Waals surface area contributed by atoms with E-state index in [1.54, 1.807) is 18.0 Å². The van der Waals surface area contributed by atoms with Crippen LogP contribution in [0, 0.1) is 5.92 Å². The number of aliphatic hydroxyl groups excluding tert-OH is 1. The van der Waals surface area contributed by atoms with E-state index < -0.39 is 14.5 Å². The molecule has 0 bridgehead atoms. The van der Waals surface area contributed by atoms with E-state index in [0.717, 1.165) is 61.9 Å². The third kappa shape index (κ3) is 6.98. The lowest BCUT2D eigenvalue weighted by molar-refractivity contribution is -0.138. The second kappa shape index (κ2) is 13.4. The smallest absolute Gasteiger partial charge is 0.246 e. The van der Waals surface area contributed by atoms with E-state index in [1.165, 1.54) is 5.56 Å². The Morgan fingerprint density at radius 1 is 1.05 bits per heavy atom. The fourth-order valence-electron chi connectivity index (χ4n) is 7.53. The third-order valence-electron chi connectivity index (χ3n) is 9.72. The molecule has 2 saturated heterocycles. The summed E-state index contributed by atoms with van der Waals surface area (Å²) in [5.74, 6) is 0.130. The van der Waals surface area contributed by atoms with Crippen molar-refractivity contribution in [3.8, 4) is 0 Å². The molecular weight excluding hydrogens is 547 g/mol. The number of benzene rings is 2. The number of fused-ring (bicyclic) bond motifs is 1. The number of anilines is 1. The molecule has 0 radical (unpaired) electrons. The van der Waals surface area contributed by atoms with Gasteiger partial charge in [-0.2, -0.15) is 0 Å². The van der Waals surface area contributed by atoms with Gasteiger partial charge in [-0.15, -0.1) is 0 Å². The van der Waals surface area contributed by atoms with Gasteiger partial charge in [-0.05, 0) is 79.9 Å². The molecular formula is C34H47FN2O4Si. The van der Waals surface area contributed by atoms with Gasteiger partial charge in [0.2, 0.25) is 20.2 Å². The molecule has 2 fully saturated rings. The Bertz CT molecular complexity index is 1250. The summed E-state index contributed by atoms with van der Waals surface area (Å²) < 4.78 is 22.3. The fourth-order valence-corrected chi connectivity index (χ4v) is 10.1. The molecule has 228 valence electrons. The normalized spacial score (nSPS) is 27.0. The van der Waals surface area contributed by atoms with E-state index >= 15 is 4.11 Å². The summed E-state index contributed by atoms with van der Waals surface area (Å²) in [4.78, 5) is 30.1. The van der Waals surface area contributed by atoms with Gasteiger partial charge < -0.3 is 23.8 Å². The Balaban J connectivity index is 1.26. The number of nitrogens with zero attached hydrogens (tertiary/aromatic N) is 2. The summed E-state index contributed by atoms with van der Waals surface area (Å²) >= 11 is 0. The fraction of sp³-hybridized carbons (Fsp3) is 0.588. The van der Waals surface area contributed by atoms with Crippen LogP contribution >= 0.6 is 0 Å². The van der Waals surface area contributed by atoms with Gasteiger partial charge in [0.05, 0.1) is 31.3 Å². The molecule has 2 aromatic carbocycles. The number of ether oxygens (including phenoxy) is 1. The lowest BCUT2D eigenvalue weighted by atomic mass is 9.93. The van der Waals surface area contributed by atoms with E-state index in [0.29, 0.717) is 19.4 Å². The van der Waals surface area contributed by atoms with Gasteiger partial charge in [0.25, 0.3) is 0 Å². The topological polar surface area (TPSA) is 70.1 Å². The van der Waals surface area contributed by atoms with Crippen LogP contribution in [-0.4, -0.2) is 61.6 Å². The van der Waals surface area contributed by atoms with Crippen molar-refractivity contribution in [1.29, 1.82) is 0 Å². The highest BCUT2D eigenvalue weighted by atomic mass is 28.4. The highest BCUT2D eigenvalue weighted by molar-refractivity contribution is 6.72. The van der Waals surface area contributed by atoms with E-state index in [9.17, 15) is 14.7 Å². The number of halogens is 1. The first-order valence-corrected chi connectivity index (χ1v) is 18.8. The summed E-state index contributed by atoms with van der Waals surface area (Å²) in [6, 6.07) is 16.0. The summed E-state index contributed by atoms with van der Waals surface area (Å²) in [5.41, 5.74) is 4.09. The van der Waals surface area contributed by atoms with Crippen LogP contribution in [0.25, 0.3) is 0 Å². The molecule has 8 heteroatoms. The maximum Gasteiger partial charge on any atom is 0.246 e. The minimum Gasteiger partial charge on any atom is -0.394 e. The second-order valence-corrected chi connectivity index (χ2v) is 16.9. The summed E-state index contributed by atoms with van der Waals surface area (Å²) in [7, 11) is -3.14. The van der Waals surface area contributed by atoms with Crippen LogP contribution in [0.15, 0.2) is 48.5 Å². The zero-order valence-corrected chi connectivity index (χ0v) is 26.4. The predicted molar refractivity (Wildman–Crippen MR) is 167 cm³/mol. The first kappa shape index (κ1) is 30.9. The number of carbonyl (C=O) groups excluding carboxylic acids is 2. The first-order valence-electron chi connectivity index (χ1n) is 15.9. The average Bonchev–Trinajstić information content (AvgIpc) is 3.28. The lowest BCUT2D eigenvalue weighted by Gasteiger charge is -2.37.